The first-order chi connectivity index (χ1) is 7.30. The number of fused-ring (bicyclic) bond motifs is 2. The van der Waals surface area contributed by atoms with E-state index in [1.165, 1.54) is 6.42 Å². The van der Waals surface area contributed by atoms with Crippen LogP contribution in [0.4, 0.5) is 0 Å². The fraction of sp³-hybridized carbons (Fsp3) is 0.667. The molecule has 3 heterocycles. The molecule has 2 aliphatic heterocycles. The average molecular weight is 223 g/mol. The van der Waals surface area contributed by atoms with Crippen LogP contribution in [0.5, 0.6) is 0 Å². The minimum atomic E-state index is 0.236. The predicted octanol–water partition coefficient (Wildman–Crippen LogP) is 2.29. The summed E-state index contributed by atoms with van der Waals surface area (Å²) in [5.74, 6) is 0. The summed E-state index contributed by atoms with van der Waals surface area (Å²) in [6.45, 7) is 4.09. The molecule has 1 saturated heterocycles. The molecular formula is C12H17NOS. The highest BCUT2D eigenvalue weighted by molar-refractivity contribution is 7.10. The van der Waals surface area contributed by atoms with E-state index in [-0.39, 0.29) is 5.54 Å². The molecule has 1 aromatic heterocycles. The van der Waals surface area contributed by atoms with Gasteiger partial charge in [0.05, 0.1) is 5.54 Å². The number of hydrogen-bond donors (Lipinski definition) is 1. The smallest absolute Gasteiger partial charge is 0.0577 e. The Bertz CT molecular complexity index is 354. The molecular weight excluding hydrogens is 206 g/mol. The zero-order valence-electron chi connectivity index (χ0n) is 9.08. The van der Waals surface area contributed by atoms with Crippen LogP contribution in [-0.4, -0.2) is 19.3 Å². The Morgan fingerprint density at radius 1 is 1.47 bits per heavy atom. The second kappa shape index (κ2) is 3.58. The average Bonchev–Trinajstić information content (AvgIpc) is 2.67. The highest BCUT2D eigenvalue weighted by Crippen LogP contribution is 2.41. The van der Waals surface area contributed by atoms with Crippen molar-refractivity contribution in [2.75, 3.05) is 13.2 Å². The molecule has 1 spiro atoms. The van der Waals surface area contributed by atoms with Gasteiger partial charge in [-0.1, -0.05) is 0 Å². The Labute approximate surface area is 94.6 Å². The van der Waals surface area contributed by atoms with E-state index in [2.05, 4.69) is 23.7 Å². The van der Waals surface area contributed by atoms with E-state index in [0.29, 0.717) is 6.04 Å². The summed E-state index contributed by atoms with van der Waals surface area (Å²) in [5, 5.41) is 6.04. The van der Waals surface area contributed by atoms with Crippen LogP contribution in [0.2, 0.25) is 0 Å². The van der Waals surface area contributed by atoms with E-state index in [4.69, 9.17) is 4.74 Å². The molecule has 1 N–H and O–H groups in total. The third-order valence-corrected chi connectivity index (χ3v) is 4.74. The van der Waals surface area contributed by atoms with Gasteiger partial charge in [0.2, 0.25) is 0 Å². The molecule has 0 bridgehead atoms. The van der Waals surface area contributed by atoms with E-state index in [1.54, 1.807) is 10.4 Å². The van der Waals surface area contributed by atoms with Gasteiger partial charge in [-0.2, -0.15) is 0 Å². The third-order valence-electron chi connectivity index (χ3n) is 3.58. The molecule has 0 unspecified atom stereocenters. The largest absolute Gasteiger partial charge is 0.381 e. The molecule has 2 nitrogen and oxygen atoms in total. The van der Waals surface area contributed by atoms with Crippen LogP contribution >= 0.6 is 11.3 Å². The lowest BCUT2D eigenvalue weighted by Crippen LogP contribution is -2.53. The maximum Gasteiger partial charge on any atom is 0.0577 e. The fourth-order valence-electron chi connectivity index (χ4n) is 2.93. The number of nitrogens with one attached hydrogen (secondary N) is 1. The highest BCUT2D eigenvalue weighted by atomic mass is 32.1. The van der Waals surface area contributed by atoms with Gasteiger partial charge in [0.25, 0.3) is 0 Å². The van der Waals surface area contributed by atoms with Gasteiger partial charge in [-0.3, -0.25) is 0 Å². The van der Waals surface area contributed by atoms with Gasteiger partial charge in [-0.05, 0) is 43.2 Å². The minimum Gasteiger partial charge on any atom is -0.381 e. The monoisotopic (exact) mass is 223 g/mol. The van der Waals surface area contributed by atoms with Crippen molar-refractivity contribution in [3.05, 3.63) is 21.9 Å². The van der Waals surface area contributed by atoms with Crippen LogP contribution in [0.3, 0.4) is 0 Å². The van der Waals surface area contributed by atoms with Crippen molar-refractivity contribution in [3.63, 3.8) is 0 Å². The lowest BCUT2D eigenvalue weighted by atomic mass is 9.81. The Morgan fingerprint density at radius 3 is 3.07 bits per heavy atom. The van der Waals surface area contributed by atoms with Gasteiger partial charge in [-0.15, -0.1) is 11.3 Å². The predicted molar refractivity (Wildman–Crippen MR) is 62.4 cm³/mol. The standard InChI is InChI=1S/C12H17NOS/c1-9-8-10-2-7-15-11(10)12(13-9)3-5-14-6-4-12/h2,7,9,13H,3-6,8H2,1H3/t9-/m1/s1. The second-order valence-corrected chi connectivity index (χ2v) is 5.64. The molecule has 0 aromatic carbocycles. The fourth-order valence-corrected chi connectivity index (χ4v) is 4.09. The second-order valence-electron chi connectivity index (χ2n) is 4.72. The molecule has 1 fully saturated rings. The van der Waals surface area contributed by atoms with Gasteiger partial charge in [0.15, 0.2) is 0 Å². The van der Waals surface area contributed by atoms with Crippen LogP contribution in [0, 0.1) is 0 Å². The van der Waals surface area contributed by atoms with Crippen molar-refractivity contribution in [3.8, 4) is 0 Å². The van der Waals surface area contributed by atoms with Crippen LogP contribution in [-0.2, 0) is 16.7 Å². The minimum absolute atomic E-state index is 0.236. The lowest BCUT2D eigenvalue weighted by Gasteiger charge is -2.43. The molecule has 0 aliphatic carbocycles. The Balaban J connectivity index is 2.02. The van der Waals surface area contributed by atoms with Crippen LogP contribution < -0.4 is 5.32 Å². The normalized spacial score (nSPS) is 29.0. The van der Waals surface area contributed by atoms with Crippen molar-refractivity contribution >= 4 is 11.3 Å². The molecule has 3 heteroatoms. The summed E-state index contributed by atoms with van der Waals surface area (Å²) in [5.41, 5.74) is 1.80. The number of ether oxygens (including phenoxy) is 1. The van der Waals surface area contributed by atoms with E-state index in [1.807, 2.05) is 11.3 Å². The molecule has 0 amide bonds. The lowest BCUT2D eigenvalue weighted by molar-refractivity contribution is 0.0304. The van der Waals surface area contributed by atoms with Crippen molar-refractivity contribution in [2.45, 2.75) is 37.8 Å². The molecule has 2 aliphatic rings. The van der Waals surface area contributed by atoms with E-state index >= 15 is 0 Å². The van der Waals surface area contributed by atoms with Gasteiger partial charge in [0, 0.05) is 24.1 Å². The van der Waals surface area contributed by atoms with Crippen molar-refractivity contribution in [1.29, 1.82) is 0 Å². The first-order valence-electron chi connectivity index (χ1n) is 5.72. The van der Waals surface area contributed by atoms with Gasteiger partial charge in [0.1, 0.15) is 0 Å². The molecule has 0 radical (unpaired) electrons. The number of hydrogen-bond acceptors (Lipinski definition) is 3. The summed E-state index contributed by atoms with van der Waals surface area (Å²) < 4.78 is 5.49. The zero-order chi connectivity index (χ0) is 10.3. The van der Waals surface area contributed by atoms with E-state index in [0.717, 1.165) is 26.1 Å². The van der Waals surface area contributed by atoms with Gasteiger partial charge >= 0.3 is 0 Å². The van der Waals surface area contributed by atoms with Crippen LogP contribution in [0.1, 0.15) is 30.2 Å². The van der Waals surface area contributed by atoms with Crippen molar-refractivity contribution < 1.29 is 4.74 Å². The quantitative estimate of drug-likeness (QED) is 0.728. The summed E-state index contributed by atoms with van der Waals surface area (Å²) in [6.07, 6.45) is 3.44. The first kappa shape index (κ1) is 9.82. The maximum absolute atomic E-state index is 5.49. The van der Waals surface area contributed by atoms with Crippen molar-refractivity contribution in [1.82, 2.24) is 5.32 Å². The van der Waals surface area contributed by atoms with Crippen LogP contribution in [0.25, 0.3) is 0 Å². The number of thiophene rings is 1. The van der Waals surface area contributed by atoms with E-state index in [9.17, 15) is 0 Å². The Hall–Kier alpha value is -0.380. The maximum atomic E-state index is 5.49. The van der Waals surface area contributed by atoms with Gasteiger partial charge < -0.3 is 10.1 Å². The number of rotatable bonds is 0. The molecule has 1 aromatic rings. The molecule has 3 rings (SSSR count). The summed E-state index contributed by atoms with van der Waals surface area (Å²) in [6, 6.07) is 2.90. The first-order valence-corrected chi connectivity index (χ1v) is 6.60. The molecule has 1 atom stereocenters. The van der Waals surface area contributed by atoms with E-state index < -0.39 is 0 Å². The topological polar surface area (TPSA) is 21.3 Å². The summed E-state index contributed by atoms with van der Waals surface area (Å²) in [4.78, 5) is 1.57. The van der Waals surface area contributed by atoms with Gasteiger partial charge in [-0.25, -0.2) is 0 Å². The highest BCUT2D eigenvalue weighted by Gasteiger charge is 2.40. The summed E-state index contributed by atoms with van der Waals surface area (Å²) >= 11 is 1.91. The third kappa shape index (κ3) is 1.53. The van der Waals surface area contributed by atoms with Crippen molar-refractivity contribution in [2.24, 2.45) is 0 Å². The zero-order valence-corrected chi connectivity index (χ0v) is 9.90. The molecule has 82 valence electrons. The Kier molecular flexibility index (Phi) is 2.34. The molecule has 15 heavy (non-hydrogen) atoms. The Morgan fingerprint density at radius 2 is 2.27 bits per heavy atom. The van der Waals surface area contributed by atoms with Crippen LogP contribution in [0.15, 0.2) is 11.4 Å². The summed E-state index contributed by atoms with van der Waals surface area (Å²) in [7, 11) is 0. The SMILES string of the molecule is C[C@@H]1Cc2ccsc2C2(CCOCC2)N1. The molecule has 0 saturated carbocycles.